The van der Waals surface area contributed by atoms with E-state index < -0.39 is 11.2 Å². The lowest BCUT2D eigenvalue weighted by molar-refractivity contribution is 0.617. The second-order valence-electron chi connectivity index (χ2n) is 6.89. The summed E-state index contributed by atoms with van der Waals surface area (Å²) in [5.74, 6) is 5.50. The van der Waals surface area contributed by atoms with Gasteiger partial charge in [-0.3, -0.25) is 14.8 Å². The van der Waals surface area contributed by atoms with Gasteiger partial charge in [-0.15, -0.1) is 0 Å². The van der Waals surface area contributed by atoms with Crippen molar-refractivity contribution < 1.29 is 0 Å². The molecule has 154 valence electrons. The minimum Gasteiger partial charge on any atom is -0.323 e. The highest BCUT2D eigenvalue weighted by Gasteiger charge is 2.13. The minimum atomic E-state index is -0.415. The first-order chi connectivity index (χ1) is 14.7. The number of benzene rings is 2. The number of H-pyrrole nitrogens is 1. The standard InChI is InChI=1S/C23H25N5O2/c24-26-16-20(12-7-14-28-15-13-22(29)27-23(28)30)25-17-21(18-8-3-1-4-9-18)19-10-5-2-6-11-19/h1-6,8-11,13,15-16,21H,7,12,14,17,24H2,(H,27,29,30). The number of hydrazone groups is 1. The summed E-state index contributed by atoms with van der Waals surface area (Å²) in [6, 6.07) is 21.9. The molecule has 0 amide bonds. The van der Waals surface area contributed by atoms with E-state index in [9.17, 15) is 9.59 Å². The van der Waals surface area contributed by atoms with Crippen LogP contribution in [0.15, 0.2) is 92.6 Å². The number of hydrogen-bond acceptors (Lipinski definition) is 5. The van der Waals surface area contributed by atoms with E-state index in [4.69, 9.17) is 10.8 Å². The third kappa shape index (κ3) is 5.88. The molecular formula is C23H25N5O2. The van der Waals surface area contributed by atoms with E-state index in [2.05, 4.69) is 34.4 Å². The number of aromatic amines is 1. The van der Waals surface area contributed by atoms with Crippen LogP contribution in [0.1, 0.15) is 29.9 Å². The summed E-state index contributed by atoms with van der Waals surface area (Å²) < 4.78 is 1.47. The Morgan fingerprint density at radius 3 is 2.20 bits per heavy atom. The predicted molar refractivity (Wildman–Crippen MR) is 120 cm³/mol. The van der Waals surface area contributed by atoms with Crippen LogP contribution in [-0.4, -0.2) is 28.0 Å². The fourth-order valence-electron chi connectivity index (χ4n) is 3.30. The Hall–Kier alpha value is -3.74. The topological polar surface area (TPSA) is 106 Å². The van der Waals surface area contributed by atoms with Crippen molar-refractivity contribution in [3.05, 3.63) is 105 Å². The summed E-state index contributed by atoms with van der Waals surface area (Å²) in [5, 5.41) is 3.64. The zero-order valence-corrected chi connectivity index (χ0v) is 16.6. The first-order valence-corrected chi connectivity index (χ1v) is 9.83. The van der Waals surface area contributed by atoms with Crippen LogP contribution in [0.2, 0.25) is 0 Å². The number of aliphatic imine (C=N–C) groups is 1. The molecule has 0 aliphatic heterocycles. The van der Waals surface area contributed by atoms with Crippen LogP contribution in [0.3, 0.4) is 0 Å². The lowest BCUT2D eigenvalue weighted by Gasteiger charge is -2.16. The molecule has 0 radical (unpaired) electrons. The third-order valence-electron chi connectivity index (χ3n) is 4.83. The molecule has 0 spiro atoms. The Kier molecular flexibility index (Phi) is 7.49. The Morgan fingerprint density at radius 2 is 1.63 bits per heavy atom. The van der Waals surface area contributed by atoms with Gasteiger partial charge >= 0.3 is 5.69 Å². The maximum absolute atomic E-state index is 11.8. The van der Waals surface area contributed by atoms with E-state index >= 15 is 0 Å². The van der Waals surface area contributed by atoms with Crippen LogP contribution in [0, 0.1) is 0 Å². The van der Waals surface area contributed by atoms with Gasteiger partial charge in [0.15, 0.2) is 0 Å². The SMILES string of the molecule is NN=CC(CCCn1ccc(=O)[nH]c1=O)=NCC(c1ccccc1)c1ccccc1. The molecule has 7 heteroatoms. The van der Waals surface area contributed by atoms with E-state index in [1.165, 1.54) is 28.0 Å². The van der Waals surface area contributed by atoms with Crippen LogP contribution in [0.5, 0.6) is 0 Å². The van der Waals surface area contributed by atoms with E-state index in [1.54, 1.807) is 6.21 Å². The van der Waals surface area contributed by atoms with Gasteiger partial charge < -0.3 is 10.4 Å². The quantitative estimate of drug-likeness (QED) is 0.326. The normalized spacial score (nSPS) is 12.0. The minimum absolute atomic E-state index is 0.121. The van der Waals surface area contributed by atoms with Gasteiger partial charge in [0.1, 0.15) is 0 Å². The number of aromatic nitrogens is 2. The number of rotatable bonds is 9. The van der Waals surface area contributed by atoms with Gasteiger partial charge in [-0.25, -0.2) is 4.79 Å². The first kappa shape index (κ1) is 21.0. The fourth-order valence-corrected chi connectivity index (χ4v) is 3.30. The van der Waals surface area contributed by atoms with Crippen LogP contribution < -0.4 is 17.1 Å². The monoisotopic (exact) mass is 403 g/mol. The summed E-state index contributed by atoms with van der Waals surface area (Å²) in [7, 11) is 0. The second kappa shape index (κ2) is 10.7. The van der Waals surface area contributed by atoms with E-state index in [-0.39, 0.29) is 5.92 Å². The van der Waals surface area contributed by atoms with Crippen LogP contribution in [-0.2, 0) is 6.54 Å². The molecule has 3 aromatic rings. The van der Waals surface area contributed by atoms with Gasteiger partial charge in [-0.1, -0.05) is 60.7 Å². The van der Waals surface area contributed by atoms with Crippen molar-refractivity contribution in [2.24, 2.45) is 15.9 Å². The summed E-state index contributed by atoms with van der Waals surface area (Å²) >= 11 is 0. The Balaban J connectivity index is 1.72. The Labute approximate surface area is 174 Å². The molecular weight excluding hydrogens is 378 g/mol. The Bertz CT molecular complexity index is 1060. The van der Waals surface area contributed by atoms with E-state index in [0.29, 0.717) is 25.9 Å². The maximum Gasteiger partial charge on any atom is 0.328 e. The molecule has 2 aromatic carbocycles. The Morgan fingerprint density at radius 1 is 1.00 bits per heavy atom. The molecule has 0 unspecified atom stereocenters. The molecule has 0 saturated carbocycles. The van der Waals surface area contributed by atoms with Crippen molar-refractivity contribution in [1.82, 2.24) is 9.55 Å². The molecule has 0 saturated heterocycles. The molecule has 30 heavy (non-hydrogen) atoms. The fraction of sp³-hybridized carbons (Fsp3) is 0.217. The van der Waals surface area contributed by atoms with Gasteiger partial charge in [-0.05, 0) is 24.0 Å². The highest BCUT2D eigenvalue weighted by Crippen LogP contribution is 2.24. The average molecular weight is 403 g/mol. The van der Waals surface area contributed by atoms with Crippen molar-refractivity contribution >= 4 is 11.9 Å². The van der Waals surface area contributed by atoms with Gasteiger partial charge in [0.2, 0.25) is 0 Å². The van der Waals surface area contributed by atoms with Gasteiger partial charge in [-0.2, -0.15) is 5.10 Å². The van der Waals surface area contributed by atoms with Crippen molar-refractivity contribution in [2.75, 3.05) is 6.54 Å². The van der Waals surface area contributed by atoms with E-state index in [0.717, 1.165) is 5.71 Å². The molecule has 0 atom stereocenters. The maximum atomic E-state index is 11.8. The highest BCUT2D eigenvalue weighted by atomic mass is 16.2. The van der Waals surface area contributed by atoms with Gasteiger partial charge in [0.05, 0.1) is 18.5 Å². The highest BCUT2D eigenvalue weighted by molar-refractivity contribution is 6.30. The zero-order chi connectivity index (χ0) is 21.2. The molecule has 1 aromatic heterocycles. The summed E-state index contributed by atoms with van der Waals surface area (Å²) in [4.78, 5) is 30.0. The molecule has 0 bridgehead atoms. The number of nitrogens with zero attached hydrogens (tertiary/aromatic N) is 3. The molecule has 0 fully saturated rings. The molecule has 3 N–H and O–H groups in total. The first-order valence-electron chi connectivity index (χ1n) is 9.83. The predicted octanol–water partition coefficient (Wildman–Crippen LogP) is 2.53. The van der Waals surface area contributed by atoms with Gasteiger partial charge in [0.25, 0.3) is 5.56 Å². The lowest BCUT2D eigenvalue weighted by atomic mass is 9.91. The largest absolute Gasteiger partial charge is 0.328 e. The number of hydrogen-bond donors (Lipinski definition) is 2. The molecule has 0 aliphatic rings. The van der Waals surface area contributed by atoms with E-state index in [1.807, 2.05) is 36.4 Å². The van der Waals surface area contributed by atoms with Crippen molar-refractivity contribution in [3.63, 3.8) is 0 Å². The summed E-state index contributed by atoms with van der Waals surface area (Å²) in [6.07, 6.45) is 4.33. The van der Waals surface area contributed by atoms with Crippen LogP contribution in [0.4, 0.5) is 0 Å². The summed E-state index contributed by atoms with van der Waals surface area (Å²) in [6.45, 7) is 1.03. The van der Waals surface area contributed by atoms with Crippen molar-refractivity contribution in [3.8, 4) is 0 Å². The number of nitrogens with one attached hydrogen (secondary N) is 1. The zero-order valence-electron chi connectivity index (χ0n) is 16.6. The van der Waals surface area contributed by atoms with Crippen LogP contribution >= 0.6 is 0 Å². The smallest absolute Gasteiger partial charge is 0.323 e. The van der Waals surface area contributed by atoms with Crippen molar-refractivity contribution in [1.29, 1.82) is 0 Å². The van der Waals surface area contributed by atoms with Crippen LogP contribution in [0.25, 0.3) is 0 Å². The second-order valence-corrected chi connectivity index (χ2v) is 6.89. The molecule has 3 rings (SSSR count). The third-order valence-corrected chi connectivity index (χ3v) is 4.83. The lowest BCUT2D eigenvalue weighted by Crippen LogP contribution is -2.28. The average Bonchev–Trinajstić information content (AvgIpc) is 2.77. The van der Waals surface area contributed by atoms with Crippen molar-refractivity contribution in [2.45, 2.75) is 25.3 Å². The number of nitrogens with two attached hydrogens (primary N) is 1. The summed E-state index contributed by atoms with van der Waals surface area (Å²) in [5.41, 5.74) is 2.34. The molecule has 1 heterocycles. The van der Waals surface area contributed by atoms with Gasteiger partial charge in [0, 0.05) is 24.7 Å². The molecule has 0 aliphatic carbocycles. The number of aryl methyl sites for hydroxylation is 1. The molecule has 7 nitrogen and oxygen atoms in total.